The van der Waals surface area contributed by atoms with Crippen LogP contribution in [-0.4, -0.2) is 62.9 Å². The first kappa shape index (κ1) is 56.9. The van der Waals surface area contributed by atoms with E-state index in [-0.39, 0.29) is 103 Å². The first-order chi connectivity index (χ1) is 38.1. The summed E-state index contributed by atoms with van der Waals surface area (Å²) in [6, 6.07) is 37.8. The van der Waals surface area contributed by atoms with Crippen LogP contribution in [0.1, 0.15) is 151 Å². The molecule has 414 valence electrons. The molecule has 8 N–H and O–H groups in total. The number of aliphatic hydroxyl groups excluding tert-OH is 2. The van der Waals surface area contributed by atoms with E-state index in [1.807, 2.05) is 54.6 Å². The number of nitrogens with two attached hydrogens (primary N) is 2. The molecule has 0 radical (unpaired) electrons. The molecule has 5 heterocycles. The number of benzene rings is 5. The second kappa shape index (κ2) is 23.0. The summed E-state index contributed by atoms with van der Waals surface area (Å²) in [5, 5.41) is 43.9. The minimum absolute atomic E-state index is 0. The minimum Gasteiger partial charge on any atom is -0.748 e. The molecule has 5 aromatic rings. The molecule has 0 unspecified atom stereocenters. The van der Waals surface area contributed by atoms with Gasteiger partial charge in [0.2, 0.25) is 5.72 Å². The van der Waals surface area contributed by atoms with Crippen LogP contribution in [0.15, 0.2) is 132 Å². The predicted octanol–water partition coefficient (Wildman–Crippen LogP) is 6.89. The van der Waals surface area contributed by atoms with Crippen LogP contribution >= 0.6 is 0 Å². The van der Waals surface area contributed by atoms with Crippen molar-refractivity contribution in [3.05, 3.63) is 177 Å². The summed E-state index contributed by atoms with van der Waals surface area (Å²) in [5.41, 5.74) is 19.5. The summed E-state index contributed by atoms with van der Waals surface area (Å²) in [7, 11) is -4.95. The summed E-state index contributed by atoms with van der Waals surface area (Å²) < 4.78 is 57.9. The zero-order valence-electron chi connectivity index (χ0n) is 46.0. The van der Waals surface area contributed by atoms with Gasteiger partial charge in [0.15, 0.2) is 5.96 Å². The van der Waals surface area contributed by atoms with Crippen LogP contribution in [0, 0.1) is 53.3 Å². The van der Waals surface area contributed by atoms with Gasteiger partial charge >= 0.3 is 29.6 Å². The molecule has 4 aliphatic carbocycles. The van der Waals surface area contributed by atoms with Crippen LogP contribution in [-0.2, 0) is 40.0 Å². The Morgan fingerprint density at radius 2 is 1.60 bits per heavy atom. The molecule has 14 heteroatoms. The van der Waals surface area contributed by atoms with Crippen molar-refractivity contribution in [3.8, 4) is 23.3 Å². The van der Waals surface area contributed by atoms with Gasteiger partial charge in [0.05, 0.1) is 33.7 Å². The van der Waals surface area contributed by atoms with Gasteiger partial charge in [0.25, 0.3) is 0 Å². The number of aromatic hydroxyl groups is 1. The van der Waals surface area contributed by atoms with Crippen molar-refractivity contribution in [1.29, 1.82) is 0 Å². The van der Waals surface area contributed by atoms with Crippen molar-refractivity contribution < 1.29 is 72.4 Å². The molecule has 0 spiro atoms. The van der Waals surface area contributed by atoms with Crippen LogP contribution < -0.4 is 45.8 Å². The fraction of sp³-hybridized carbons (Fsp3) is 0.470. The Labute approximate surface area is 493 Å². The van der Waals surface area contributed by atoms with E-state index in [1.54, 1.807) is 12.1 Å². The third kappa shape index (κ3) is 10.8. The maximum Gasteiger partial charge on any atom is 1.00 e. The Kier molecular flexibility index (Phi) is 16.3. The molecule has 0 amide bonds. The fourth-order valence-corrected chi connectivity index (χ4v) is 17.3. The Balaban J connectivity index is 0.00000675. The smallest absolute Gasteiger partial charge is 0.748 e. The molecular formula is C66H74N3NaO9S. The zero-order chi connectivity index (χ0) is 54.8. The molecule has 5 aliphatic heterocycles. The second-order valence-electron chi connectivity index (χ2n) is 24.5. The number of aryl methyl sites for hydroxylation is 1. The summed E-state index contributed by atoms with van der Waals surface area (Å²) in [6.45, 7) is 2.03. The van der Waals surface area contributed by atoms with Crippen molar-refractivity contribution in [3.63, 3.8) is 0 Å². The topological polar surface area (TPSA) is 221 Å². The molecule has 10 bridgehead atoms. The molecule has 80 heavy (non-hydrogen) atoms. The van der Waals surface area contributed by atoms with E-state index in [0.29, 0.717) is 61.8 Å². The van der Waals surface area contributed by atoms with Crippen LogP contribution in [0.3, 0.4) is 0 Å². The number of aliphatic hydroxyl groups is 3. The quantitative estimate of drug-likeness (QED) is 0.0235. The number of hydrogen-bond donors (Lipinski definition) is 6. The molecule has 14 rings (SSSR count). The summed E-state index contributed by atoms with van der Waals surface area (Å²) in [6.07, 6.45) is 8.96. The molecule has 1 saturated heterocycles. The van der Waals surface area contributed by atoms with E-state index >= 15 is 0 Å². The van der Waals surface area contributed by atoms with Gasteiger partial charge in [-0.2, -0.15) is 0 Å². The van der Waals surface area contributed by atoms with Gasteiger partial charge in [0, 0.05) is 41.6 Å². The summed E-state index contributed by atoms with van der Waals surface area (Å²) in [4.78, 5) is 5.30. The van der Waals surface area contributed by atoms with E-state index in [0.717, 1.165) is 76.6 Å². The Morgan fingerprint density at radius 1 is 0.850 bits per heavy atom. The predicted molar refractivity (Wildman–Crippen MR) is 303 cm³/mol. The number of fused-ring (bicyclic) bond motifs is 10. The number of aliphatic imine (C=N–C) groups is 1. The van der Waals surface area contributed by atoms with Gasteiger partial charge in [-0.1, -0.05) is 116 Å². The molecule has 9 aliphatic rings. The number of nitrogens with zero attached hydrogens (tertiary/aromatic N) is 1. The van der Waals surface area contributed by atoms with Gasteiger partial charge in [-0.3, -0.25) is 0 Å². The zero-order valence-corrected chi connectivity index (χ0v) is 48.8. The van der Waals surface area contributed by atoms with E-state index in [2.05, 4.69) is 73.4 Å². The number of allylic oxidation sites excluding steroid dienone is 1. The SMILES string of the molecule is C[C@H]1CCc2cc3ccc2[C@H]1C[C@@H](S(=O)(=O)[O-])[C@H]1C=C2C[C@H](C[C@H]4C[C@@H](CO)CC#Cc5cc(O)ccc5[C@@H]2O4)[C@@H]1c1ccc(cc1)[C@](N=C(N)N)([C@H]1CC[C@H]2CC[C@H](c4ccc(CO)cc4)C[C@@]2(O)[C@@H]1Cc1ccccc1)O3.[Na+]. The first-order valence-corrected chi connectivity index (χ1v) is 30.3. The molecule has 0 aromatic heterocycles. The number of phenolic OH excluding ortho intramolecular Hbond substituents is 1. The largest absolute Gasteiger partial charge is 1.00 e. The van der Waals surface area contributed by atoms with E-state index in [1.165, 1.54) is 0 Å². The van der Waals surface area contributed by atoms with Crippen LogP contribution in [0.4, 0.5) is 0 Å². The standard InChI is InChI=1S/C66H75N3O9S.Na/c1-39-10-13-46-32-53-24-26-55(46)57(39)35-61(79(74,75)76)58-34-49-30-48(33-54-28-42(38-71)8-5-9-45-31-52(72)23-25-56(45)63(49)77-54)62(58)44-16-20-51(21-17-44)66(78-53,69-64(67)68)59-27-22-50-19-18-47(43-14-11-41(37-70)12-15-43)36-65(50,73)60(59)29-40-6-3-2-4-7-40;/h2-4,6-7,11-12,14-17,20-21,23-26,31-32,34,39,42,47-48,50,54,57-63,70-73H,8,10,13,18-19,22,27-30,33,35-38H2,1H3,(H4,67,68,69)(H,74,75,76);/q;+1/p-1/t39-,42-,47-,48+,50+,54+,57-,58+,59-,60+,61+,62-,63+,65-,66+;/m0./s1. The van der Waals surface area contributed by atoms with Crippen molar-refractivity contribution in [1.82, 2.24) is 0 Å². The van der Waals surface area contributed by atoms with Crippen molar-refractivity contribution in [2.45, 2.75) is 144 Å². The number of ether oxygens (including phenoxy) is 2. The van der Waals surface area contributed by atoms with Crippen LogP contribution in [0.2, 0.25) is 0 Å². The number of rotatable bonds is 8. The first-order valence-electron chi connectivity index (χ1n) is 28.8. The maximum absolute atomic E-state index is 14.4. The Morgan fingerprint density at radius 3 is 2.34 bits per heavy atom. The fourth-order valence-electron chi connectivity index (χ4n) is 16.2. The van der Waals surface area contributed by atoms with Crippen LogP contribution in [0.5, 0.6) is 11.5 Å². The molecule has 3 fully saturated rings. The number of hydrogen-bond acceptors (Lipinski definition) is 10. The summed E-state index contributed by atoms with van der Waals surface area (Å²) in [5.74, 6) is 4.45. The van der Waals surface area contributed by atoms with Gasteiger partial charge in [0.1, 0.15) is 17.6 Å². The molecule has 2 saturated carbocycles. The Hall–Kier alpha value is -4.98. The normalized spacial score (nSPS) is 33.4. The number of guanidine groups is 1. The molecule has 15 atom stereocenters. The molecule has 12 nitrogen and oxygen atoms in total. The van der Waals surface area contributed by atoms with Crippen molar-refractivity contribution in [2.24, 2.45) is 57.9 Å². The summed E-state index contributed by atoms with van der Waals surface area (Å²) >= 11 is 0. The van der Waals surface area contributed by atoms with E-state index < -0.39 is 56.5 Å². The minimum atomic E-state index is -4.95. The van der Waals surface area contributed by atoms with Gasteiger partial charge in [-0.25, -0.2) is 13.4 Å². The molecule has 5 aromatic carbocycles. The van der Waals surface area contributed by atoms with Crippen molar-refractivity contribution >= 4 is 16.1 Å². The number of phenols is 1. The molecular weight excluding hydrogens is 1030 g/mol. The Bertz CT molecular complexity index is 3310. The second-order valence-corrected chi connectivity index (χ2v) is 26.1. The third-order valence-electron chi connectivity index (χ3n) is 20.0. The average molecular weight is 1110 g/mol. The maximum atomic E-state index is 14.4. The van der Waals surface area contributed by atoms with Gasteiger partial charge in [-0.15, -0.1) is 0 Å². The van der Waals surface area contributed by atoms with Crippen LogP contribution in [0.25, 0.3) is 0 Å². The van der Waals surface area contributed by atoms with Gasteiger partial charge < -0.3 is 45.9 Å². The van der Waals surface area contributed by atoms with Crippen molar-refractivity contribution in [2.75, 3.05) is 6.61 Å². The third-order valence-corrected chi connectivity index (χ3v) is 21.3. The average Bonchev–Trinajstić information content (AvgIpc) is 3.65. The van der Waals surface area contributed by atoms with E-state index in [9.17, 15) is 33.4 Å². The van der Waals surface area contributed by atoms with Gasteiger partial charge in [-0.05, 0) is 188 Å². The monoisotopic (exact) mass is 1110 g/mol. The van der Waals surface area contributed by atoms with E-state index in [4.69, 9.17) is 25.9 Å².